The lowest BCUT2D eigenvalue weighted by atomic mass is 10.1. The number of aromatic nitrogens is 3. The SMILES string of the molecule is CN(C)C(=O)c1cccc(CN[C@H]2CCc3ncnn3C2)c1. The first-order chi connectivity index (χ1) is 10.6. The molecule has 2 aromatic rings. The molecule has 0 fully saturated rings. The molecule has 0 spiro atoms. The summed E-state index contributed by atoms with van der Waals surface area (Å²) < 4.78 is 1.97. The van der Waals surface area contributed by atoms with E-state index in [2.05, 4.69) is 15.4 Å². The van der Waals surface area contributed by atoms with Crippen LogP contribution in [0.25, 0.3) is 0 Å². The maximum Gasteiger partial charge on any atom is 0.253 e. The summed E-state index contributed by atoms with van der Waals surface area (Å²) in [6, 6.07) is 8.18. The highest BCUT2D eigenvalue weighted by Gasteiger charge is 2.19. The molecule has 0 unspecified atom stereocenters. The number of rotatable bonds is 4. The summed E-state index contributed by atoms with van der Waals surface area (Å²) in [7, 11) is 3.54. The van der Waals surface area contributed by atoms with Crippen LogP contribution in [-0.2, 0) is 19.5 Å². The number of benzene rings is 1. The fraction of sp³-hybridized carbons (Fsp3) is 0.438. The van der Waals surface area contributed by atoms with Crippen molar-refractivity contribution in [1.29, 1.82) is 0 Å². The van der Waals surface area contributed by atoms with E-state index >= 15 is 0 Å². The zero-order chi connectivity index (χ0) is 15.5. The van der Waals surface area contributed by atoms with Crippen molar-refractivity contribution in [1.82, 2.24) is 25.0 Å². The van der Waals surface area contributed by atoms with Crippen LogP contribution in [0, 0.1) is 0 Å². The van der Waals surface area contributed by atoms with Crippen molar-refractivity contribution in [3.63, 3.8) is 0 Å². The molecule has 1 aliphatic heterocycles. The molecule has 1 aromatic heterocycles. The Hall–Kier alpha value is -2.21. The monoisotopic (exact) mass is 299 g/mol. The van der Waals surface area contributed by atoms with Gasteiger partial charge in [0, 0.05) is 38.7 Å². The highest BCUT2D eigenvalue weighted by molar-refractivity contribution is 5.94. The number of aryl methyl sites for hydroxylation is 1. The number of fused-ring (bicyclic) bond motifs is 1. The molecule has 1 aromatic carbocycles. The third-order valence-corrected chi connectivity index (χ3v) is 3.98. The predicted molar refractivity (Wildman–Crippen MR) is 83.4 cm³/mol. The first kappa shape index (κ1) is 14.7. The van der Waals surface area contributed by atoms with Crippen molar-refractivity contribution in [2.75, 3.05) is 14.1 Å². The number of hydrogen-bond donors (Lipinski definition) is 1. The Balaban J connectivity index is 1.60. The van der Waals surface area contributed by atoms with Gasteiger partial charge in [-0.15, -0.1) is 0 Å². The van der Waals surface area contributed by atoms with E-state index in [1.165, 1.54) is 0 Å². The molecule has 6 heteroatoms. The first-order valence-electron chi connectivity index (χ1n) is 7.54. The van der Waals surface area contributed by atoms with Gasteiger partial charge in [-0.05, 0) is 24.1 Å². The topological polar surface area (TPSA) is 63.1 Å². The lowest BCUT2D eigenvalue weighted by Crippen LogP contribution is -2.37. The van der Waals surface area contributed by atoms with Crippen LogP contribution in [0.4, 0.5) is 0 Å². The maximum absolute atomic E-state index is 12.0. The number of nitrogens with one attached hydrogen (secondary N) is 1. The minimum absolute atomic E-state index is 0.0340. The smallest absolute Gasteiger partial charge is 0.253 e. The molecule has 6 nitrogen and oxygen atoms in total. The summed E-state index contributed by atoms with van der Waals surface area (Å²) in [5.41, 5.74) is 1.85. The minimum atomic E-state index is 0.0340. The normalized spacial score (nSPS) is 17.1. The van der Waals surface area contributed by atoms with Crippen LogP contribution in [0.5, 0.6) is 0 Å². The Morgan fingerprint density at radius 2 is 2.32 bits per heavy atom. The second kappa shape index (κ2) is 6.27. The van der Waals surface area contributed by atoms with E-state index in [1.54, 1.807) is 25.3 Å². The third-order valence-electron chi connectivity index (χ3n) is 3.98. The van der Waals surface area contributed by atoms with Crippen molar-refractivity contribution in [3.05, 3.63) is 47.5 Å². The molecule has 1 atom stereocenters. The number of amides is 1. The maximum atomic E-state index is 12.0. The van der Waals surface area contributed by atoms with Gasteiger partial charge in [0.2, 0.25) is 0 Å². The van der Waals surface area contributed by atoms with Gasteiger partial charge in [-0.25, -0.2) is 9.67 Å². The number of carbonyl (C=O) groups excluding carboxylic acids is 1. The lowest BCUT2D eigenvalue weighted by Gasteiger charge is -2.23. The number of carbonyl (C=O) groups is 1. The van der Waals surface area contributed by atoms with Crippen molar-refractivity contribution in [2.24, 2.45) is 0 Å². The largest absolute Gasteiger partial charge is 0.345 e. The Bertz CT molecular complexity index is 664. The molecular formula is C16H21N5O. The Morgan fingerprint density at radius 3 is 3.14 bits per heavy atom. The second-order valence-corrected chi connectivity index (χ2v) is 5.87. The van der Waals surface area contributed by atoms with Crippen LogP contribution in [0.15, 0.2) is 30.6 Å². The van der Waals surface area contributed by atoms with Crippen molar-refractivity contribution < 1.29 is 4.79 Å². The summed E-state index contributed by atoms with van der Waals surface area (Å²) in [6.45, 7) is 1.61. The van der Waals surface area contributed by atoms with E-state index in [0.717, 1.165) is 42.9 Å². The van der Waals surface area contributed by atoms with Gasteiger partial charge in [0.1, 0.15) is 12.2 Å². The molecule has 22 heavy (non-hydrogen) atoms. The molecule has 116 valence electrons. The summed E-state index contributed by atoms with van der Waals surface area (Å²) in [4.78, 5) is 17.8. The Labute approximate surface area is 130 Å². The molecule has 2 heterocycles. The highest BCUT2D eigenvalue weighted by Crippen LogP contribution is 2.13. The Morgan fingerprint density at radius 1 is 1.45 bits per heavy atom. The molecule has 0 saturated heterocycles. The van der Waals surface area contributed by atoms with Crippen LogP contribution >= 0.6 is 0 Å². The van der Waals surface area contributed by atoms with Crippen LogP contribution in [-0.4, -0.2) is 45.7 Å². The van der Waals surface area contributed by atoms with Crippen molar-refractivity contribution in [2.45, 2.75) is 32.0 Å². The molecule has 0 bridgehead atoms. The van der Waals surface area contributed by atoms with Gasteiger partial charge in [-0.1, -0.05) is 12.1 Å². The molecule has 1 amide bonds. The summed E-state index contributed by atoms with van der Waals surface area (Å²) in [5, 5.41) is 7.78. The third kappa shape index (κ3) is 3.17. The van der Waals surface area contributed by atoms with E-state index in [1.807, 2.05) is 28.9 Å². The van der Waals surface area contributed by atoms with Crippen LogP contribution < -0.4 is 5.32 Å². The van der Waals surface area contributed by atoms with Crippen molar-refractivity contribution >= 4 is 5.91 Å². The second-order valence-electron chi connectivity index (χ2n) is 5.87. The lowest BCUT2D eigenvalue weighted by molar-refractivity contribution is 0.0827. The zero-order valence-corrected chi connectivity index (χ0v) is 13.0. The average Bonchev–Trinajstić information content (AvgIpc) is 3.00. The van der Waals surface area contributed by atoms with Gasteiger partial charge >= 0.3 is 0 Å². The molecule has 0 saturated carbocycles. The standard InChI is InChI=1S/C16H21N5O/c1-20(2)16(22)13-5-3-4-12(8-13)9-17-14-6-7-15-18-11-19-21(15)10-14/h3-5,8,11,14,17H,6-7,9-10H2,1-2H3/t14-/m0/s1. The van der Waals surface area contributed by atoms with E-state index in [4.69, 9.17) is 0 Å². The van der Waals surface area contributed by atoms with Crippen LogP contribution in [0.2, 0.25) is 0 Å². The molecule has 3 rings (SSSR count). The zero-order valence-electron chi connectivity index (χ0n) is 13.0. The molecule has 1 aliphatic rings. The van der Waals surface area contributed by atoms with Gasteiger partial charge < -0.3 is 10.2 Å². The van der Waals surface area contributed by atoms with Gasteiger partial charge in [-0.2, -0.15) is 5.10 Å². The quantitative estimate of drug-likeness (QED) is 0.918. The number of nitrogens with zero attached hydrogens (tertiary/aromatic N) is 4. The Kier molecular flexibility index (Phi) is 4.20. The van der Waals surface area contributed by atoms with E-state index in [-0.39, 0.29) is 5.91 Å². The summed E-state index contributed by atoms with van der Waals surface area (Å²) in [5.74, 6) is 1.10. The van der Waals surface area contributed by atoms with Crippen LogP contribution in [0.3, 0.4) is 0 Å². The average molecular weight is 299 g/mol. The van der Waals surface area contributed by atoms with Crippen molar-refractivity contribution in [3.8, 4) is 0 Å². The molecule has 0 radical (unpaired) electrons. The van der Waals surface area contributed by atoms with Gasteiger partial charge in [0.15, 0.2) is 0 Å². The number of hydrogen-bond acceptors (Lipinski definition) is 4. The highest BCUT2D eigenvalue weighted by atomic mass is 16.2. The minimum Gasteiger partial charge on any atom is -0.345 e. The fourth-order valence-electron chi connectivity index (χ4n) is 2.74. The molecule has 0 aliphatic carbocycles. The van der Waals surface area contributed by atoms with Gasteiger partial charge in [0.05, 0.1) is 6.54 Å². The summed E-state index contributed by atoms with van der Waals surface area (Å²) >= 11 is 0. The van der Waals surface area contributed by atoms with E-state index < -0.39 is 0 Å². The first-order valence-corrected chi connectivity index (χ1v) is 7.54. The van der Waals surface area contributed by atoms with Crippen LogP contribution in [0.1, 0.15) is 28.2 Å². The van der Waals surface area contributed by atoms with Gasteiger partial charge in [-0.3, -0.25) is 4.79 Å². The van der Waals surface area contributed by atoms with E-state index in [9.17, 15) is 4.79 Å². The summed E-state index contributed by atoms with van der Waals surface area (Å²) in [6.07, 6.45) is 3.64. The predicted octanol–water partition coefficient (Wildman–Crippen LogP) is 1.08. The van der Waals surface area contributed by atoms with Gasteiger partial charge in [0.25, 0.3) is 5.91 Å². The molecule has 1 N–H and O–H groups in total. The molecular weight excluding hydrogens is 278 g/mol. The fourth-order valence-corrected chi connectivity index (χ4v) is 2.74. The van der Waals surface area contributed by atoms with E-state index in [0.29, 0.717) is 6.04 Å².